The molecule has 0 radical (unpaired) electrons. The van der Waals surface area contributed by atoms with Crippen molar-refractivity contribution in [1.82, 2.24) is 4.98 Å². The largest absolute Gasteiger partial charge is 0.375 e. The maximum atomic E-state index is 12.4. The Bertz CT molecular complexity index is 480. The van der Waals surface area contributed by atoms with Gasteiger partial charge in [0.2, 0.25) is 0 Å². The molecule has 4 heteroatoms. The second-order valence-electron chi connectivity index (χ2n) is 3.65. The number of anilines is 1. The van der Waals surface area contributed by atoms with Gasteiger partial charge in [-0.3, -0.25) is 4.98 Å². The number of benzene rings is 1. The van der Waals surface area contributed by atoms with Gasteiger partial charge in [-0.2, -0.15) is 0 Å². The molecule has 1 atom stereocenters. The zero-order valence-electron chi connectivity index (χ0n) is 8.82. The molecule has 0 aliphatic heterocycles. The molecule has 0 aliphatic carbocycles. The highest BCUT2D eigenvalue weighted by Gasteiger charge is 2.15. The number of nitrogens with zero attached hydrogens (tertiary/aromatic N) is 1. The number of hydrogen-bond donors (Lipinski definition) is 1. The standard InChI is InChI=1S/C12H12F2N2/c1-8(12(13)14)16-10-6-2-4-9-5-3-7-15-11(9)10/h2-8,12,16H,1H3. The molecule has 0 saturated carbocycles. The fourth-order valence-corrected chi connectivity index (χ4v) is 1.53. The van der Waals surface area contributed by atoms with Crippen LogP contribution in [0.3, 0.4) is 0 Å². The number of aromatic nitrogens is 1. The van der Waals surface area contributed by atoms with Gasteiger partial charge in [-0.05, 0) is 19.1 Å². The predicted molar refractivity (Wildman–Crippen MR) is 60.8 cm³/mol. The Balaban J connectivity index is 2.37. The lowest BCUT2D eigenvalue weighted by atomic mass is 10.2. The zero-order valence-corrected chi connectivity index (χ0v) is 8.82. The van der Waals surface area contributed by atoms with Crippen molar-refractivity contribution in [2.45, 2.75) is 19.4 Å². The fourth-order valence-electron chi connectivity index (χ4n) is 1.53. The molecule has 0 bridgehead atoms. The van der Waals surface area contributed by atoms with Crippen LogP contribution in [0.25, 0.3) is 10.9 Å². The summed E-state index contributed by atoms with van der Waals surface area (Å²) < 4.78 is 24.9. The van der Waals surface area contributed by atoms with Crippen molar-refractivity contribution in [2.75, 3.05) is 5.32 Å². The summed E-state index contributed by atoms with van der Waals surface area (Å²) in [6.45, 7) is 1.45. The van der Waals surface area contributed by atoms with Crippen molar-refractivity contribution in [3.63, 3.8) is 0 Å². The smallest absolute Gasteiger partial charge is 0.258 e. The van der Waals surface area contributed by atoms with Gasteiger partial charge in [-0.1, -0.05) is 18.2 Å². The van der Waals surface area contributed by atoms with E-state index in [0.717, 1.165) is 10.9 Å². The number of alkyl halides is 2. The van der Waals surface area contributed by atoms with Crippen LogP contribution in [0.15, 0.2) is 36.5 Å². The first-order valence-electron chi connectivity index (χ1n) is 5.07. The van der Waals surface area contributed by atoms with Gasteiger partial charge in [-0.25, -0.2) is 8.78 Å². The van der Waals surface area contributed by atoms with Crippen LogP contribution in [0, 0.1) is 0 Å². The second kappa shape index (κ2) is 4.43. The molecular formula is C12H12F2N2. The summed E-state index contributed by atoms with van der Waals surface area (Å²) in [6, 6.07) is 8.33. The molecule has 0 fully saturated rings. The van der Waals surface area contributed by atoms with E-state index in [0.29, 0.717) is 5.69 Å². The highest BCUT2D eigenvalue weighted by atomic mass is 19.3. The maximum absolute atomic E-state index is 12.4. The first-order chi connectivity index (χ1) is 7.68. The summed E-state index contributed by atoms with van der Waals surface area (Å²) in [6.07, 6.45) is -0.737. The van der Waals surface area contributed by atoms with Crippen molar-refractivity contribution in [1.29, 1.82) is 0 Å². The third kappa shape index (κ3) is 2.10. The minimum absolute atomic E-state index is 0.644. The van der Waals surface area contributed by atoms with Crippen molar-refractivity contribution in [3.05, 3.63) is 36.5 Å². The maximum Gasteiger partial charge on any atom is 0.258 e. The number of pyridine rings is 1. The number of fused-ring (bicyclic) bond motifs is 1. The summed E-state index contributed by atoms with van der Waals surface area (Å²) in [4.78, 5) is 4.19. The van der Waals surface area contributed by atoms with E-state index < -0.39 is 12.5 Å². The Morgan fingerprint density at radius 2 is 1.94 bits per heavy atom. The molecular weight excluding hydrogens is 210 g/mol. The number of rotatable bonds is 3. The molecule has 2 rings (SSSR count). The zero-order chi connectivity index (χ0) is 11.5. The SMILES string of the molecule is CC(Nc1cccc2cccnc12)C(F)F. The molecule has 1 unspecified atom stereocenters. The van der Waals surface area contributed by atoms with Crippen molar-refractivity contribution in [2.24, 2.45) is 0 Å². The molecule has 0 aliphatic rings. The van der Waals surface area contributed by atoms with E-state index >= 15 is 0 Å². The van der Waals surface area contributed by atoms with Crippen LogP contribution < -0.4 is 5.32 Å². The van der Waals surface area contributed by atoms with Gasteiger partial charge in [-0.15, -0.1) is 0 Å². The highest BCUT2D eigenvalue weighted by Crippen LogP contribution is 2.22. The molecule has 2 aromatic rings. The lowest BCUT2D eigenvalue weighted by Gasteiger charge is -2.15. The summed E-state index contributed by atoms with van der Waals surface area (Å²) in [5.41, 5.74) is 1.36. The molecule has 1 aromatic heterocycles. The molecule has 84 valence electrons. The van der Waals surface area contributed by atoms with Gasteiger partial charge in [0.15, 0.2) is 0 Å². The first-order valence-corrected chi connectivity index (χ1v) is 5.07. The topological polar surface area (TPSA) is 24.9 Å². The molecule has 1 heterocycles. The van der Waals surface area contributed by atoms with Gasteiger partial charge < -0.3 is 5.32 Å². The Kier molecular flexibility index (Phi) is 2.99. The Labute approximate surface area is 92.3 Å². The lowest BCUT2D eigenvalue weighted by molar-refractivity contribution is 0.131. The van der Waals surface area contributed by atoms with Gasteiger partial charge >= 0.3 is 0 Å². The molecule has 0 spiro atoms. The second-order valence-corrected chi connectivity index (χ2v) is 3.65. The molecule has 1 N–H and O–H groups in total. The molecule has 0 saturated heterocycles. The number of nitrogens with one attached hydrogen (secondary N) is 1. The Hall–Kier alpha value is -1.71. The Morgan fingerprint density at radius 1 is 1.19 bits per heavy atom. The summed E-state index contributed by atoms with van der Waals surface area (Å²) in [7, 11) is 0. The van der Waals surface area contributed by atoms with Crippen LogP contribution in [0.4, 0.5) is 14.5 Å². The highest BCUT2D eigenvalue weighted by molar-refractivity contribution is 5.90. The van der Waals surface area contributed by atoms with Gasteiger partial charge in [0.1, 0.15) is 0 Å². The first kappa shape index (κ1) is 10.8. The Morgan fingerprint density at radius 3 is 2.69 bits per heavy atom. The number of halogens is 2. The minimum Gasteiger partial charge on any atom is -0.375 e. The fraction of sp³-hybridized carbons (Fsp3) is 0.250. The number of para-hydroxylation sites is 1. The van der Waals surface area contributed by atoms with Crippen LogP contribution in [0.5, 0.6) is 0 Å². The average molecular weight is 222 g/mol. The third-order valence-corrected chi connectivity index (χ3v) is 2.39. The van der Waals surface area contributed by atoms with Crippen LogP contribution in [-0.2, 0) is 0 Å². The van der Waals surface area contributed by atoms with Gasteiger partial charge in [0.05, 0.1) is 17.2 Å². The van der Waals surface area contributed by atoms with Crippen molar-refractivity contribution in [3.8, 4) is 0 Å². The molecule has 1 aromatic carbocycles. The van der Waals surface area contributed by atoms with E-state index in [2.05, 4.69) is 10.3 Å². The molecule has 0 amide bonds. The van der Waals surface area contributed by atoms with E-state index in [-0.39, 0.29) is 0 Å². The van der Waals surface area contributed by atoms with Crippen LogP contribution in [0.2, 0.25) is 0 Å². The van der Waals surface area contributed by atoms with Gasteiger partial charge in [0, 0.05) is 11.6 Å². The van der Waals surface area contributed by atoms with E-state index in [1.54, 1.807) is 12.3 Å². The molecule has 16 heavy (non-hydrogen) atoms. The lowest BCUT2D eigenvalue weighted by Crippen LogP contribution is -2.23. The van der Waals surface area contributed by atoms with E-state index in [1.807, 2.05) is 24.3 Å². The van der Waals surface area contributed by atoms with E-state index in [1.165, 1.54) is 6.92 Å². The van der Waals surface area contributed by atoms with E-state index in [4.69, 9.17) is 0 Å². The monoisotopic (exact) mass is 222 g/mol. The van der Waals surface area contributed by atoms with Crippen LogP contribution >= 0.6 is 0 Å². The average Bonchev–Trinajstić information content (AvgIpc) is 2.29. The van der Waals surface area contributed by atoms with E-state index in [9.17, 15) is 8.78 Å². The van der Waals surface area contributed by atoms with Crippen molar-refractivity contribution < 1.29 is 8.78 Å². The van der Waals surface area contributed by atoms with Crippen LogP contribution in [0.1, 0.15) is 6.92 Å². The van der Waals surface area contributed by atoms with Crippen LogP contribution in [-0.4, -0.2) is 17.5 Å². The molecule has 2 nitrogen and oxygen atoms in total. The summed E-state index contributed by atoms with van der Waals surface area (Å²) in [5, 5.41) is 3.71. The summed E-state index contributed by atoms with van der Waals surface area (Å²) in [5.74, 6) is 0. The van der Waals surface area contributed by atoms with Gasteiger partial charge in [0.25, 0.3) is 6.43 Å². The third-order valence-electron chi connectivity index (χ3n) is 2.39. The quantitative estimate of drug-likeness (QED) is 0.861. The van der Waals surface area contributed by atoms with Crippen molar-refractivity contribution >= 4 is 16.6 Å². The predicted octanol–water partition coefficient (Wildman–Crippen LogP) is 3.30. The number of hydrogen-bond acceptors (Lipinski definition) is 2. The minimum atomic E-state index is -2.39. The normalized spacial score (nSPS) is 13.0. The summed E-state index contributed by atoms with van der Waals surface area (Å²) >= 11 is 0.